The van der Waals surface area contributed by atoms with E-state index in [4.69, 9.17) is 10.5 Å². The van der Waals surface area contributed by atoms with Crippen LogP contribution in [0.4, 0.5) is 5.82 Å². The third-order valence-corrected chi connectivity index (χ3v) is 6.72. The Bertz CT molecular complexity index is 1170. The lowest BCUT2D eigenvalue weighted by atomic mass is 9.83. The van der Waals surface area contributed by atoms with Crippen LogP contribution in [-0.4, -0.2) is 48.8 Å². The first-order valence-electron chi connectivity index (χ1n) is 11.2. The summed E-state index contributed by atoms with van der Waals surface area (Å²) in [5, 5.41) is 21.4. The van der Waals surface area contributed by atoms with E-state index in [1.807, 2.05) is 30.3 Å². The molecule has 1 saturated carbocycles. The van der Waals surface area contributed by atoms with E-state index in [0.717, 1.165) is 17.5 Å². The molecule has 0 radical (unpaired) electrons. The van der Waals surface area contributed by atoms with Crippen LogP contribution in [0.25, 0.3) is 11.3 Å². The summed E-state index contributed by atoms with van der Waals surface area (Å²) in [7, 11) is 0. The summed E-state index contributed by atoms with van der Waals surface area (Å²) < 4.78 is 6.20. The van der Waals surface area contributed by atoms with Crippen molar-refractivity contribution in [3.63, 3.8) is 0 Å². The number of nitrogen functional groups attached to an aromatic ring is 1. The van der Waals surface area contributed by atoms with Crippen molar-refractivity contribution in [2.45, 2.75) is 56.0 Å². The number of anilines is 1. The first-order chi connectivity index (χ1) is 16.0. The molecule has 4 atom stereocenters. The van der Waals surface area contributed by atoms with E-state index in [0.29, 0.717) is 24.1 Å². The Morgan fingerprint density at radius 1 is 1.21 bits per heavy atom. The first-order valence-corrected chi connectivity index (χ1v) is 11.2. The zero-order valence-electron chi connectivity index (χ0n) is 18.1. The van der Waals surface area contributed by atoms with Gasteiger partial charge in [-0.1, -0.05) is 30.3 Å². The monoisotopic (exact) mass is 446 g/mol. The Labute approximate surface area is 191 Å². The van der Waals surface area contributed by atoms with Gasteiger partial charge in [0.2, 0.25) is 0 Å². The number of rotatable bonds is 5. The maximum Gasteiger partial charge on any atom is 0.189 e. The van der Waals surface area contributed by atoms with Gasteiger partial charge in [0.25, 0.3) is 0 Å². The van der Waals surface area contributed by atoms with Crippen LogP contribution in [0.5, 0.6) is 0 Å². The maximum absolute atomic E-state index is 13.2. The minimum absolute atomic E-state index is 0.0190. The quantitative estimate of drug-likeness (QED) is 0.510. The van der Waals surface area contributed by atoms with Gasteiger partial charge in [-0.25, -0.2) is 9.97 Å². The van der Waals surface area contributed by atoms with Crippen LogP contribution < -0.4 is 5.73 Å². The van der Waals surface area contributed by atoms with Crippen molar-refractivity contribution in [2.24, 2.45) is 0 Å². The number of carbonyl (C=O) groups excluding carboxylic acids is 1. The van der Waals surface area contributed by atoms with Crippen molar-refractivity contribution in [2.75, 3.05) is 5.73 Å². The van der Waals surface area contributed by atoms with Crippen molar-refractivity contribution < 1.29 is 19.7 Å². The fourth-order valence-electron chi connectivity index (χ4n) is 4.92. The average molecular weight is 447 g/mol. The smallest absolute Gasteiger partial charge is 0.189 e. The highest BCUT2D eigenvalue weighted by Gasteiger charge is 2.52. The van der Waals surface area contributed by atoms with Gasteiger partial charge in [0.1, 0.15) is 11.3 Å². The highest BCUT2D eigenvalue weighted by molar-refractivity contribution is 5.99. The molecule has 1 aromatic carbocycles. The summed E-state index contributed by atoms with van der Waals surface area (Å²) in [6.07, 6.45) is 5.38. The van der Waals surface area contributed by atoms with E-state index >= 15 is 0 Å². The largest absolute Gasteiger partial charge is 0.390 e. The minimum Gasteiger partial charge on any atom is -0.390 e. The fraction of sp³-hybridized carbons (Fsp3) is 0.360. The molecule has 1 aliphatic heterocycles. The zero-order chi connectivity index (χ0) is 23.0. The predicted octanol–water partition coefficient (Wildman–Crippen LogP) is 2.65. The lowest BCUT2D eigenvalue weighted by Gasteiger charge is -2.43. The fourth-order valence-corrected chi connectivity index (χ4v) is 4.92. The summed E-state index contributed by atoms with van der Waals surface area (Å²) >= 11 is 0. The normalized spacial score (nSPS) is 26.7. The summed E-state index contributed by atoms with van der Waals surface area (Å²) in [5.41, 5.74) is 7.78. The molecule has 8 heteroatoms. The number of fused-ring (bicyclic) bond motifs is 1. The second-order valence-electron chi connectivity index (χ2n) is 8.78. The molecule has 33 heavy (non-hydrogen) atoms. The second kappa shape index (κ2) is 8.62. The van der Waals surface area contributed by atoms with Crippen LogP contribution in [0.1, 0.15) is 53.4 Å². The molecule has 2 fully saturated rings. The minimum atomic E-state index is -1.19. The number of hydrogen-bond donors (Lipinski definition) is 3. The number of hydrogen-bond acceptors (Lipinski definition) is 8. The van der Waals surface area contributed by atoms with Gasteiger partial charge in [0, 0.05) is 30.8 Å². The van der Waals surface area contributed by atoms with E-state index in [1.54, 1.807) is 24.7 Å². The number of pyridine rings is 1. The molecule has 2 aromatic heterocycles. The molecule has 2 aliphatic rings. The van der Waals surface area contributed by atoms with Gasteiger partial charge in [-0.15, -0.1) is 0 Å². The number of ketones is 1. The second-order valence-corrected chi connectivity index (χ2v) is 8.78. The SMILES string of the molecule is Nc1ncc(-c2ccccc2)nc1C(=O)Cc1cnccc1[C@H]1C[C@@H](O)[C@@]2(O)CCC[C@H]2O1. The first kappa shape index (κ1) is 21.6. The van der Waals surface area contributed by atoms with Gasteiger partial charge in [-0.3, -0.25) is 9.78 Å². The highest BCUT2D eigenvalue weighted by Crippen LogP contribution is 2.45. The average Bonchev–Trinajstić information content (AvgIpc) is 3.22. The van der Waals surface area contributed by atoms with Crippen LogP contribution in [0.3, 0.4) is 0 Å². The Morgan fingerprint density at radius 3 is 2.85 bits per heavy atom. The highest BCUT2D eigenvalue weighted by atomic mass is 16.5. The van der Waals surface area contributed by atoms with Crippen molar-refractivity contribution >= 4 is 11.6 Å². The summed E-state index contributed by atoms with van der Waals surface area (Å²) in [4.78, 5) is 26.1. The van der Waals surface area contributed by atoms with Crippen LogP contribution in [-0.2, 0) is 11.2 Å². The third-order valence-electron chi connectivity index (χ3n) is 6.72. The number of nitrogens with two attached hydrogens (primary N) is 1. The zero-order valence-corrected chi connectivity index (χ0v) is 18.1. The Kier molecular flexibility index (Phi) is 5.65. The summed E-state index contributed by atoms with van der Waals surface area (Å²) in [5.74, 6) is -0.203. The lowest BCUT2D eigenvalue weighted by molar-refractivity contribution is -0.215. The standard InChI is InChI=1S/C25H26N4O4/c26-24-23(29-18(14-28-24)15-5-2-1-3-6-15)19(30)11-16-13-27-10-8-17(16)20-12-21(31)25(32)9-4-7-22(25)33-20/h1-3,5-6,8,10,13-14,20-22,31-32H,4,7,9,11-12H2,(H2,26,28)/t20-,21-,22-,25+/m1/s1. The van der Waals surface area contributed by atoms with E-state index in [9.17, 15) is 15.0 Å². The van der Waals surface area contributed by atoms with Crippen LogP contribution in [0, 0.1) is 0 Å². The molecule has 170 valence electrons. The predicted molar refractivity (Wildman–Crippen MR) is 121 cm³/mol. The number of benzene rings is 1. The number of aromatic nitrogens is 3. The topological polar surface area (TPSA) is 131 Å². The molecule has 1 saturated heterocycles. The van der Waals surface area contributed by atoms with Gasteiger partial charge in [0.05, 0.1) is 30.2 Å². The molecular formula is C25H26N4O4. The molecular weight excluding hydrogens is 420 g/mol. The number of aliphatic hydroxyl groups is 2. The van der Waals surface area contributed by atoms with Gasteiger partial charge < -0.3 is 20.7 Å². The molecule has 0 bridgehead atoms. The molecule has 0 unspecified atom stereocenters. The van der Waals surface area contributed by atoms with E-state index in [1.165, 1.54) is 0 Å². The van der Waals surface area contributed by atoms with Crippen LogP contribution in [0.2, 0.25) is 0 Å². The lowest BCUT2D eigenvalue weighted by Crippen LogP contribution is -2.54. The molecule has 1 aliphatic carbocycles. The van der Waals surface area contributed by atoms with E-state index < -0.39 is 23.9 Å². The van der Waals surface area contributed by atoms with Crippen molar-refractivity contribution in [1.29, 1.82) is 0 Å². The summed E-state index contributed by atoms with van der Waals surface area (Å²) in [6, 6.07) is 11.3. The molecule has 5 rings (SSSR count). The van der Waals surface area contributed by atoms with Crippen LogP contribution in [0.15, 0.2) is 55.0 Å². The number of Topliss-reactive ketones (excluding diaryl/α,β-unsaturated/α-hetero) is 1. The molecule has 3 heterocycles. The van der Waals surface area contributed by atoms with Crippen molar-refractivity contribution in [1.82, 2.24) is 15.0 Å². The maximum atomic E-state index is 13.2. The van der Waals surface area contributed by atoms with Crippen LogP contribution >= 0.6 is 0 Å². The van der Waals surface area contributed by atoms with Gasteiger partial charge in [-0.2, -0.15) is 0 Å². The Morgan fingerprint density at radius 2 is 2.03 bits per heavy atom. The van der Waals surface area contributed by atoms with Gasteiger partial charge in [0.15, 0.2) is 11.6 Å². The van der Waals surface area contributed by atoms with E-state index in [2.05, 4.69) is 15.0 Å². The van der Waals surface area contributed by atoms with E-state index in [-0.39, 0.29) is 30.1 Å². The Hall–Kier alpha value is -3.20. The van der Waals surface area contributed by atoms with Crippen molar-refractivity contribution in [3.8, 4) is 11.3 Å². The molecule has 4 N–H and O–H groups in total. The summed E-state index contributed by atoms with van der Waals surface area (Å²) in [6.45, 7) is 0. The number of aliphatic hydroxyl groups excluding tert-OH is 1. The molecule has 3 aromatic rings. The third kappa shape index (κ3) is 4.01. The number of carbonyl (C=O) groups is 1. The number of nitrogens with zero attached hydrogens (tertiary/aromatic N) is 3. The van der Waals surface area contributed by atoms with Gasteiger partial charge >= 0.3 is 0 Å². The van der Waals surface area contributed by atoms with Gasteiger partial charge in [-0.05, 0) is 36.5 Å². The van der Waals surface area contributed by atoms with Crippen molar-refractivity contribution in [3.05, 3.63) is 71.8 Å². The molecule has 0 spiro atoms. The Balaban J connectivity index is 1.41. The molecule has 8 nitrogen and oxygen atoms in total. The molecule has 0 amide bonds. The number of ether oxygens (including phenoxy) is 1.